The van der Waals surface area contributed by atoms with Crippen molar-refractivity contribution >= 4 is 40.8 Å². The quantitative estimate of drug-likeness (QED) is 0.820. The van der Waals surface area contributed by atoms with Gasteiger partial charge in [-0.1, -0.05) is 11.6 Å². The number of benzene rings is 2. The Morgan fingerprint density at radius 2 is 1.93 bits per heavy atom. The summed E-state index contributed by atoms with van der Waals surface area (Å²) >= 11 is 5.83. The zero-order valence-electron chi connectivity index (χ0n) is 14.4. The van der Waals surface area contributed by atoms with Crippen molar-refractivity contribution < 1.29 is 24.2 Å². The minimum absolute atomic E-state index is 0.0806. The number of amides is 2. The van der Waals surface area contributed by atoms with E-state index in [4.69, 9.17) is 21.4 Å². The van der Waals surface area contributed by atoms with Crippen LogP contribution in [-0.2, 0) is 9.59 Å². The van der Waals surface area contributed by atoms with Crippen LogP contribution in [-0.4, -0.2) is 36.5 Å². The van der Waals surface area contributed by atoms with E-state index in [2.05, 4.69) is 5.32 Å². The van der Waals surface area contributed by atoms with E-state index in [1.807, 2.05) is 0 Å². The zero-order valence-corrected chi connectivity index (χ0v) is 15.2. The number of nitrogens with zero attached hydrogens (tertiary/aromatic N) is 1. The van der Waals surface area contributed by atoms with Gasteiger partial charge in [-0.3, -0.25) is 9.59 Å². The highest BCUT2D eigenvalue weighted by atomic mass is 35.5. The Labute approximate surface area is 160 Å². The fraction of sp³-hybridized carbons (Fsp3) is 0.211. The Morgan fingerprint density at radius 3 is 2.56 bits per heavy atom. The van der Waals surface area contributed by atoms with Crippen LogP contribution in [0.15, 0.2) is 42.5 Å². The molecule has 1 saturated heterocycles. The lowest BCUT2D eigenvalue weighted by Crippen LogP contribution is -2.28. The zero-order chi connectivity index (χ0) is 19.6. The molecule has 2 aromatic rings. The molecular formula is C19H17ClN2O5. The summed E-state index contributed by atoms with van der Waals surface area (Å²) in [7, 11) is 1.56. The number of carboxylic acid groups (broad SMARTS) is 1. The van der Waals surface area contributed by atoms with Crippen LogP contribution in [0.3, 0.4) is 0 Å². The SMILES string of the molecule is COc1ccc(N2CC(C(=O)Nc3ccc(Cl)c(C(=O)O)c3)CC2=O)cc1. The lowest BCUT2D eigenvalue weighted by Gasteiger charge is -2.17. The molecule has 2 N–H and O–H groups in total. The first-order valence-electron chi connectivity index (χ1n) is 8.17. The van der Waals surface area contributed by atoms with Gasteiger partial charge >= 0.3 is 5.97 Å². The highest BCUT2D eigenvalue weighted by Crippen LogP contribution is 2.28. The first-order valence-corrected chi connectivity index (χ1v) is 8.55. The van der Waals surface area contributed by atoms with E-state index in [-0.39, 0.29) is 35.4 Å². The number of hydrogen-bond donors (Lipinski definition) is 2. The van der Waals surface area contributed by atoms with E-state index < -0.39 is 11.9 Å². The van der Waals surface area contributed by atoms with Gasteiger partial charge in [0.25, 0.3) is 0 Å². The molecular weight excluding hydrogens is 372 g/mol. The summed E-state index contributed by atoms with van der Waals surface area (Å²) in [6.07, 6.45) is 0.0806. The molecule has 0 radical (unpaired) electrons. The number of methoxy groups -OCH3 is 1. The number of halogens is 1. The van der Waals surface area contributed by atoms with Crippen molar-refractivity contribution in [1.29, 1.82) is 0 Å². The molecule has 1 heterocycles. The van der Waals surface area contributed by atoms with Gasteiger partial charge in [-0.2, -0.15) is 0 Å². The van der Waals surface area contributed by atoms with E-state index in [0.29, 0.717) is 17.1 Å². The van der Waals surface area contributed by atoms with Crippen LogP contribution in [0.4, 0.5) is 11.4 Å². The maximum atomic E-state index is 12.5. The van der Waals surface area contributed by atoms with Gasteiger partial charge in [0.2, 0.25) is 11.8 Å². The van der Waals surface area contributed by atoms with Crippen LogP contribution >= 0.6 is 11.6 Å². The average molecular weight is 389 g/mol. The molecule has 2 amide bonds. The largest absolute Gasteiger partial charge is 0.497 e. The van der Waals surface area contributed by atoms with Crippen LogP contribution in [0.25, 0.3) is 0 Å². The number of carbonyl (C=O) groups is 3. The van der Waals surface area contributed by atoms with Crippen molar-refractivity contribution in [3.05, 3.63) is 53.1 Å². The third kappa shape index (κ3) is 4.03. The molecule has 1 fully saturated rings. The molecule has 0 saturated carbocycles. The smallest absolute Gasteiger partial charge is 0.337 e. The standard InChI is InChI=1S/C19H17ClN2O5/c1-27-14-5-3-13(4-6-14)22-10-11(8-17(22)23)18(24)21-12-2-7-16(20)15(9-12)19(25)26/h2-7,9,11H,8,10H2,1H3,(H,21,24)(H,25,26). The Balaban J connectivity index is 1.70. The topological polar surface area (TPSA) is 95.9 Å². The number of nitrogens with one attached hydrogen (secondary N) is 1. The Hall–Kier alpha value is -3.06. The van der Waals surface area contributed by atoms with Gasteiger partial charge in [0, 0.05) is 24.3 Å². The van der Waals surface area contributed by atoms with Crippen molar-refractivity contribution in [3.63, 3.8) is 0 Å². The maximum Gasteiger partial charge on any atom is 0.337 e. The monoisotopic (exact) mass is 388 g/mol. The third-order valence-corrected chi connectivity index (χ3v) is 4.67. The molecule has 27 heavy (non-hydrogen) atoms. The predicted octanol–water partition coefficient (Wildman–Crippen LogP) is 3.04. The third-order valence-electron chi connectivity index (χ3n) is 4.34. The van der Waals surface area contributed by atoms with Crippen molar-refractivity contribution in [1.82, 2.24) is 0 Å². The normalized spacial score (nSPS) is 16.3. The van der Waals surface area contributed by atoms with Gasteiger partial charge < -0.3 is 20.1 Å². The molecule has 0 aliphatic carbocycles. The van der Waals surface area contributed by atoms with Crippen LogP contribution in [0.1, 0.15) is 16.8 Å². The summed E-state index contributed by atoms with van der Waals surface area (Å²) in [6.45, 7) is 0.246. The summed E-state index contributed by atoms with van der Waals surface area (Å²) in [4.78, 5) is 37.5. The van der Waals surface area contributed by atoms with Crippen LogP contribution in [0.5, 0.6) is 5.75 Å². The van der Waals surface area contributed by atoms with E-state index in [1.165, 1.54) is 18.2 Å². The van der Waals surface area contributed by atoms with Crippen molar-refractivity contribution in [3.8, 4) is 5.75 Å². The number of aromatic carboxylic acids is 1. The van der Waals surface area contributed by atoms with Gasteiger partial charge in [-0.05, 0) is 42.5 Å². The van der Waals surface area contributed by atoms with Gasteiger partial charge in [0.15, 0.2) is 0 Å². The van der Waals surface area contributed by atoms with Gasteiger partial charge in [0.05, 0.1) is 23.6 Å². The molecule has 1 unspecified atom stereocenters. The fourth-order valence-corrected chi connectivity index (χ4v) is 3.10. The summed E-state index contributed by atoms with van der Waals surface area (Å²) < 4.78 is 5.10. The van der Waals surface area contributed by atoms with Gasteiger partial charge in [-0.15, -0.1) is 0 Å². The first kappa shape index (κ1) is 18.7. The lowest BCUT2D eigenvalue weighted by atomic mass is 10.1. The number of anilines is 2. The summed E-state index contributed by atoms with van der Waals surface area (Å²) in [5.41, 5.74) is 0.907. The Morgan fingerprint density at radius 1 is 1.22 bits per heavy atom. The van der Waals surface area contributed by atoms with Crippen LogP contribution in [0.2, 0.25) is 5.02 Å². The lowest BCUT2D eigenvalue weighted by molar-refractivity contribution is -0.122. The molecule has 0 spiro atoms. The molecule has 1 aliphatic rings. The highest BCUT2D eigenvalue weighted by molar-refractivity contribution is 6.33. The molecule has 8 heteroatoms. The summed E-state index contributed by atoms with van der Waals surface area (Å²) in [5, 5.41) is 11.9. The molecule has 0 bridgehead atoms. The van der Waals surface area contributed by atoms with Crippen LogP contribution in [0, 0.1) is 5.92 Å². The van der Waals surface area contributed by atoms with E-state index in [9.17, 15) is 14.4 Å². The fourth-order valence-electron chi connectivity index (χ4n) is 2.91. The number of ether oxygens (including phenoxy) is 1. The van der Waals surface area contributed by atoms with E-state index >= 15 is 0 Å². The molecule has 1 aliphatic heterocycles. The van der Waals surface area contributed by atoms with Gasteiger partial charge in [-0.25, -0.2) is 4.79 Å². The molecule has 2 aromatic carbocycles. The second-order valence-corrected chi connectivity index (χ2v) is 6.50. The second kappa shape index (κ2) is 7.67. The number of carbonyl (C=O) groups excluding carboxylic acids is 2. The summed E-state index contributed by atoms with van der Waals surface area (Å²) in [5.74, 6) is -1.54. The molecule has 7 nitrogen and oxygen atoms in total. The maximum absolute atomic E-state index is 12.5. The molecule has 3 rings (SSSR count). The summed E-state index contributed by atoms with van der Waals surface area (Å²) in [6, 6.07) is 11.2. The highest BCUT2D eigenvalue weighted by Gasteiger charge is 2.35. The number of carboxylic acids is 1. The predicted molar refractivity (Wildman–Crippen MR) is 100 cm³/mol. The van der Waals surface area contributed by atoms with Crippen molar-refractivity contribution in [2.45, 2.75) is 6.42 Å². The van der Waals surface area contributed by atoms with Gasteiger partial charge in [0.1, 0.15) is 5.75 Å². The molecule has 1 atom stereocenters. The average Bonchev–Trinajstić information content (AvgIpc) is 3.05. The van der Waals surface area contributed by atoms with E-state index in [0.717, 1.165) is 0 Å². The minimum Gasteiger partial charge on any atom is -0.497 e. The Kier molecular flexibility index (Phi) is 5.32. The molecule has 0 aromatic heterocycles. The van der Waals surface area contributed by atoms with Crippen molar-refractivity contribution in [2.24, 2.45) is 5.92 Å². The van der Waals surface area contributed by atoms with Crippen molar-refractivity contribution in [2.75, 3.05) is 23.9 Å². The Bertz CT molecular complexity index is 897. The minimum atomic E-state index is -1.18. The second-order valence-electron chi connectivity index (χ2n) is 6.09. The first-order chi connectivity index (χ1) is 12.9. The molecule has 140 valence electrons. The number of hydrogen-bond acceptors (Lipinski definition) is 4. The number of rotatable bonds is 5. The van der Waals surface area contributed by atoms with E-state index in [1.54, 1.807) is 36.3 Å². The van der Waals surface area contributed by atoms with Crippen LogP contribution < -0.4 is 15.0 Å².